The number of anilines is 3. The Kier molecular flexibility index (Phi) is 8.94. The normalized spacial score (nSPS) is 15.3. The fraction of sp³-hybridized carbons (Fsp3) is 0.0508. The van der Waals surface area contributed by atoms with Crippen molar-refractivity contribution in [1.82, 2.24) is 0 Å². The van der Waals surface area contributed by atoms with E-state index < -0.39 is 0 Å². The molecule has 2 aliphatic rings. The summed E-state index contributed by atoms with van der Waals surface area (Å²) in [5.74, 6) is 0. The van der Waals surface area contributed by atoms with Crippen molar-refractivity contribution >= 4 is 27.8 Å². The van der Waals surface area contributed by atoms with Crippen LogP contribution in [0.15, 0.2) is 242 Å². The van der Waals surface area contributed by atoms with Crippen LogP contribution < -0.4 is 4.90 Å². The molecule has 0 saturated heterocycles. The summed E-state index contributed by atoms with van der Waals surface area (Å²) in [6.45, 7) is 0. The Hall–Kier alpha value is -7.48. The first kappa shape index (κ1) is 35.7. The first-order valence-corrected chi connectivity index (χ1v) is 21.1. The van der Waals surface area contributed by atoms with Crippen molar-refractivity contribution in [3.8, 4) is 44.5 Å². The fourth-order valence-corrected chi connectivity index (χ4v) is 9.95. The maximum atomic E-state index is 2.48. The number of allylic oxidation sites excluding steroid dienone is 4. The molecule has 0 N–H and O–H groups in total. The lowest BCUT2D eigenvalue weighted by atomic mass is 9.65. The molecule has 1 atom stereocenters. The lowest BCUT2D eigenvalue weighted by Crippen LogP contribution is -2.30. The molecule has 0 amide bonds. The molecule has 60 heavy (non-hydrogen) atoms. The minimum atomic E-state index is -0.380. The fourth-order valence-electron chi connectivity index (χ4n) is 9.95. The summed E-state index contributed by atoms with van der Waals surface area (Å²) >= 11 is 0. The summed E-state index contributed by atoms with van der Waals surface area (Å²) < 4.78 is 0. The molecule has 284 valence electrons. The third kappa shape index (κ3) is 5.93. The van der Waals surface area contributed by atoms with Gasteiger partial charge >= 0.3 is 0 Å². The Morgan fingerprint density at radius 3 is 1.78 bits per heavy atom. The van der Waals surface area contributed by atoms with Gasteiger partial charge < -0.3 is 4.90 Å². The van der Waals surface area contributed by atoms with Crippen molar-refractivity contribution in [2.24, 2.45) is 0 Å². The summed E-state index contributed by atoms with van der Waals surface area (Å²) in [6, 6.07) is 80.4. The van der Waals surface area contributed by atoms with Crippen LogP contribution in [0.1, 0.15) is 29.5 Å². The number of benzene rings is 9. The van der Waals surface area contributed by atoms with E-state index in [0.29, 0.717) is 0 Å². The molecular weight excluding hydrogens is 723 g/mol. The van der Waals surface area contributed by atoms with Crippen molar-refractivity contribution < 1.29 is 0 Å². The Morgan fingerprint density at radius 2 is 1.03 bits per heavy atom. The minimum Gasteiger partial charge on any atom is -0.310 e. The number of hydrogen-bond acceptors (Lipinski definition) is 1. The Balaban J connectivity index is 1.13. The summed E-state index contributed by atoms with van der Waals surface area (Å²) in [4.78, 5) is 2.48. The van der Waals surface area contributed by atoms with Crippen molar-refractivity contribution in [2.75, 3.05) is 4.90 Å². The van der Waals surface area contributed by atoms with Crippen molar-refractivity contribution in [3.63, 3.8) is 0 Å². The lowest BCUT2D eigenvalue weighted by molar-refractivity contribution is 0.693. The van der Waals surface area contributed by atoms with Gasteiger partial charge in [0.05, 0.1) is 11.1 Å². The molecule has 2 aliphatic carbocycles. The topological polar surface area (TPSA) is 3.24 Å². The molecule has 9 aromatic rings. The molecule has 0 radical (unpaired) electrons. The Labute approximate surface area is 352 Å². The van der Waals surface area contributed by atoms with Crippen molar-refractivity contribution in [2.45, 2.75) is 18.3 Å². The van der Waals surface area contributed by atoms with E-state index in [4.69, 9.17) is 0 Å². The van der Waals surface area contributed by atoms with Crippen LogP contribution in [0.25, 0.3) is 55.3 Å². The minimum absolute atomic E-state index is 0.380. The highest BCUT2D eigenvalue weighted by Crippen LogP contribution is 2.58. The molecule has 11 rings (SSSR count). The van der Waals surface area contributed by atoms with Crippen LogP contribution in [0, 0.1) is 0 Å². The summed E-state index contributed by atoms with van der Waals surface area (Å²) in [5.41, 5.74) is 18.2. The second-order valence-corrected chi connectivity index (χ2v) is 15.9. The SMILES string of the molecule is C1=CCCC(C2(c3ccccc3)c3ccccc3-c3cc(N(c4ccc(-c5cccc(-c6ccccc6)c5)cc4)c4ccc5ccccc5c4-c4ccccc4)ccc32)=C1. The van der Waals surface area contributed by atoms with Gasteiger partial charge in [0.15, 0.2) is 0 Å². The second kappa shape index (κ2) is 15.0. The van der Waals surface area contributed by atoms with Crippen LogP contribution in [0.5, 0.6) is 0 Å². The highest BCUT2D eigenvalue weighted by molar-refractivity contribution is 6.05. The first-order chi connectivity index (χ1) is 29.8. The number of nitrogens with zero attached hydrogens (tertiary/aromatic N) is 1. The molecular formula is C59H43N. The summed E-state index contributed by atoms with van der Waals surface area (Å²) in [7, 11) is 0. The van der Waals surface area contributed by atoms with Gasteiger partial charge in [0.25, 0.3) is 0 Å². The number of hydrogen-bond donors (Lipinski definition) is 0. The Bertz CT molecular complexity index is 3070. The van der Waals surface area contributed by atoms with Crippen LogP contribution >= 0.6 is 0 Å². The molecule has 0 spiro atoms. The maximum absolute atomic E-state index is 2.48. The van der Waals surface area contributed by atoms with E-state index >= 15 is 0 Å². The molecule has 9 aromatic carbocycles. The number of fused-ring (bicyclic) bond motifs is 4. The quantitative estimate of drug-likeness (QED) is 0.149. The van der Waals surface area contributed by atoms with Gasteiger partial charge in [0, 0.05) is 16.9 Å². The average molecular weight is 766 g/mol. The van der Waals surface area contributed by atoms with Gasteiger partial charge in [0.1, 0.15) is 0 Å². The molecule has 0 heterocycles. The van der Waals surface area contributed by atoms with Crippen LogP contribution in [0.3, 0.4) is 0 Å². The van der Waals surface area contributed by atoms with Gasteiger partial charge in [-0.2, -0.15) is 0 Å². The molecule has 0 saturated carbocycles. The number of rotatable bonds is 8. The van der Waals surface area contributed by atoms with Gasteiger partial charge in [-0.15, -0.1) is 0 Å². The molecule has 0 fully saturated rings. The van der Waals surface area contributed by atoms with Crippen molar-refractivity contribution in [1.29, 1.82) is 0 Å². The average Bonchev–Trinajstić information content (AvgIpc) is 3.63. The molecule has 0 aromatic heterocycles. The summed E-state index contributed by atoms with van der Waals surface area (Å²) in [5, 5.41) is 2.45. The third-order valence-corrected chi connectivity index (χ3v) is 12.6. The molecule has 0 aliphatic heterocycles. The third-order valence-electron chi connectivity index (χ3n) is 12.6. The maximum Gasteiger partial charge on any atom is 0.0676 e. The largest absolute Gasteiger partial charge is 0.310 e. The van der Waals surface area contributed by atoms with Gasteiger partial charge in [-0.1, -0.05) is 206 Å². The van der Waals surface area contributed by atoms with Gasteiger partial charge in [-0.3, -0.25) is 0 Å². The summed E-state index contributed by atoms with van der Waals surface area (Å²) in [6.07, 6.45) is 8.99. The van der Waals surface area contributed by atoms with Crippen molar-refractivity contribution in [3.05, 3.63) is 259 Å². The smallest absolute Gasteiger partial charge is 0.0676 e. The molecule has 1 unspecified atom stereocenters. The van der Waals surface area contributed by atoms with E-state index in [1.807, 2.05) is 0 Å². The zero-order valence-electron chi connectivity index (χ0n) is 33.4. The van der Waals surface area contributed by atoms with E-state index in [9.17, 15) is 0 Å². The monoisotopic (exact) mass is 765 g/mol. The lowest BCUT2D eigenvalue weighted by Gasteiger charge is -2.37. The van der Waals surface area contributed by atoms with Crippen LogP contribution in [0.4, 0.5) is 17.1 Å². The van der Waals surface area contributed by atoms with E-state index in [1.54, 1.807) is 0 Å². The van der Waals surface area contributed by atoms with Gasteiger partial charge in [-0.25, -0.2) is 0 Å². The van der Waals surface area contributed by atoms with Gasteiger partial charge in [0.2, 0.25) is 0 Å². The van der Waals surface area contributed by atoms with E-state index in [0.717, 1.165) is 29.9 Å². The molecule has 1 nitrogen and oxygen atoms in total. The first-order valence-electron chi connectivity index (χ1n) is 21.1. The Morgan fingerprint density at radius 1 is 0.417 bits per heavy atom. The predicted octanol–water partition coefficient (Wildman–Crippen LogP) is 15.9. The zero-order chi connectivity index (χ0) is 39.9. The zero-order valence-corrected chi connectivity index (χ0v) is 33.4. The second-order valence-electron chi connectivity index (χ2n) is 15.9. The van der Waals surface area contributed by atoms with Gasteiger partial charge in [-0.05, 0) is 116 Å². The highest BCUT2D eigenvalue weighted by Gasteiger charge is 2.47. The van der Waals surface area contributed by atoms with Crippen LogP contribution in [-0.2, 0) is 5.41 Å². The predicted molar refractivity (Wildman–Crippen MR) is 253 cm³/mol. The molecule has 0 bridgehead atoms. The van der Waals surface area contributed by atoms with Crippen LogP contribution in [-0.4, -0.2) is 0 Å². The highest BCUT2D eigenvalue weighted by atomic mass is 15.1. The van der Waals surface area contributed by atoms with Crippen LogP contribution in [0.2, 0.25) is 0 Å². The van der Waals surface area contributed by atoms with E-state index in [1.165, 1.54) is 77.5 Å². The van der Waals surface area contributed by atoms with E-state index in [2.05, 4.69) is 242 Å². The standard InChI is InChI=1S/C59H43N/c1-5-18-42(19-6-1)46-23-17-24-47(40-46)43-32-35-50(36-33-43)60(57-39-34-44-20-13-14-29-52(44)58(57)45-21-7-2-8-22-45)51-37-38-56-54(41-51)53-30-15-16-31-55(53)59(56,48-25-9-3-10-26-48)49-27-11-4-12-28-49/h1-11,13-27,29-41H,12,28H2. The van der Waals surface area contributed by atoms with E-state index in [-0.39, 0.29) is 5.41 Å². The molecule has 1 heteroatoms.